The lowest BCUT2D eigenvalue weighted by Crippen LogP contribution is -2.33. The first-order chi connectivity index (χ1) is 10.1. The maximum Gasteiger partial charge on any atom is 0.0446 e. The van der Waals surface area contributed by atoms with E-state index in [1.807, 2.05) is 0 Å². The van der Waals surface area contributed by atoms with Gasteiger partial charge in [-0.2, -0.15) is 0 Å². The largest absolute Gasteiger partial charge is 0.312 e. The second kappa shape index (κ2) is 7.95. The summed E-state index contributed by atoms with van der Waals surface area (Å²) in [6, 6.07) is 9.57. The molecule has 0 bridgehead atoms. The minimum absolute atomic E-state index is 0.428. The van der Waals surface area contributed by atoms with Crippen molar-refractivity contribution in [2.24, 2.45) is 5.92 Å². The number of benzene rings is 1. The third-order valence-electron chi connectivity index (χ3n) is 4.89. The summed E-state index contributed by atoms with van der Waals surface area (Å²) in [5, 5.41) is 3.48. The summed E-state index contributed by atoms with van der Waals surface area (Å²) in [5.41, 5.74) is 2.83. The Morgan fingerprint density at radius 2 is 1.67 bits per heavy atom. The Bertz CT molecular complexity index is 404. The molecule has 0 spiro atoms. The van der Waals surface area contributed by atoms with E-state index in [2.05, 4.69) is 62.4 Å². The van der Waals surface area contributed by atoms with E-state index < -0.39 is 0 Å². The van der Waals surface area contributed by atoms with Crippen molar-refractivity contribution in [3.8, 4) is 0 Å². The molecule has 1 aliphatic carbocycles. The first-order valence-electron chi connectivity index (χ1n) is 8.55. The monoisotopic (exact) mass is 288 g/mol. The van der Waals surface area contributed by atoms with Crippen LogP contribution in [0.5, 0.6) is 0 Å². The summed E-state index contributed by atoms with van der Waals surface area (Å²) >= 11 is 0. The maximum atomic E-state index is 3.48. The molecule has 0 aromatic heterocycles. The minimum atomic E-state index is 0.428. The van der Waals surface area contributed by atoms with Gasteiger partial charge in [-0.1, -0.05) is 51.0 Å². The molecule has 1 aromatic carbocycles. The van der Waals surface area contributed by atoms with Crippen LogP contribution in [0.15, 0.2) is 24.3 Å². The van der Waals surface area contributed by atoms with Crippen LogP contribution in [-0.2, 0) is 0 Å². The van der Waals surface area contributed by atoms with Crippen LogP contribution >= 0.6 is 0 Å². The summed E-state index contributed by atoms with van der Waals surface area (Å²) < 4.78 is 0. The summed E-state index contributed by atoms with van der Waals surface area (Å²) in [6.45, 7) is 6.84. The Balaban J connectivity index is 1.91. The van der Waals surface area contributed by atoms with Gasteiger partial charge in [-0.15, -0.1) is 0 Å². The first-order valence-corrected chi connectivity index (χ1v) is 8.55. The maximum absolute atomic E-state index is 3.48. The Hall–Kier alpha value is -0.860. The zero-order chi connectivity index (χ0) is 15.2. The van der Waals surface area contributed by atoms with E-state index in [9.17, 15) is 0 Å². The van der Waals surface area contributed by atoms with Crippen molar-refractivity contribution in [2.75, 3.05) is 27.2 Å². The van der Waals surface area contributed by atoms with E-state index >= 15 is 0 Å². The van der Waals surface area contributed by atoms with Gasteiger partial charge >= 0.3 is 0 Å². The topological polar surface area (TPSA) is 15.3 Å². The minimum Gasteiger partial charge on any atom is -0.312 e. The first kappa shape index (κ1) is 16.5. The smallest absolute Gasteiger partial charge is 0.0446 e. The van der Waals surface area contributed by atoms with Crippen LogP contribution in [0.1, 0.15) is 62.6 Å². The van der Waals surface area contributed by atoms with Crippen molar-refractivity contribution in [1.29, 1.82) is 0 Å². The molecule has 2 rings (SSSR count). The predicted octanol–water partition coefficient (Wildman–Crippen LogP) is 4.19. The second-order valence-corrected chi connectivity index (χ2v) is 7.03. The Kier molecular flexibility index (Phi) is 6.25. The van der Waals surface area contributed by atoms with Gasteiger partial charge in [0.15, 0.2) is 0 Å². The van der Waals surface area contributed by atoms with E-state index in [4.69, 9.17) is 0 Å². The Labute approximate surface area is 130 Å². The molecule has 0 saturated heterocycles. The van der Waals surface area contributed by atoms with Crippen LogP contribution in [0.4, 0.5) is 0 Å². The molecule has 1 aliphatic rings. The number of nitrogens with zero attached hydrogens (tertiary/aromatic N) is 1. The van der Waals surface area contributed by atoms with Crippen LogP contribution in [0.3, 0.4) is 0 Å². The van der Waals surface area contributed by atoms with Crippen molar-refractivity contribution in [3.63, 3.8) is 0 Å². The van der Waals surface area contributed by atoms with Gasteiger partial charge in [0.2, 0.25) is 0 Å². The molecule has 0 amide bonds. The molecule has 1 N–H and O–H groups in total. The molecule has 1 aromatic rings. The molecule has 1 unspecified atom stereocenters. The van der Waals surface area contributed by atoms with Crippen LogP contribution in [0.2, 0.25) is 0 Å². The highest BCUT2D eigenvalue weighted by Gasteiger charge is 2.19. The van der Waals surface area contributed by atoms with Crippen molar-refractivity contribution in [2.45, 2.75) is 51.5 Å². The van der Waals surface area contributed by atoms with Crippen LogP contribution < -0.4 is 5.32 Å². The van der Waals surface area contributed by atoms with Gasteiger partial charge in [0.1, 0.15) is 0 Å². The van der Waals surface area contributed by atoms with E-state index in [1.54, 1.807) is 0 Å². The lowest BCUT2D eigenvalue weighted by atomic mass is 9.98. The highest BCUT2D eigenvalue weighted by Crippen LogP contribution is 2.26. The van der Waals surface area contributed by atoms with Crippen molar-refractivity contribution in [1.82, 2.24) is 10.2 Å². The molecule has 0 aliphatic heterocycles. The van der Waals surface area contributed by atoms with Gasteiger partial charge < -0.3 is 10.2 Å². The lowest BCUT2D eigenvalue weighted by molar-refractivity contribution is 0.253. The quantitative estimate of drug-likeness (QED) is 0.809. The molecule has 118 valence electrons. The average molecular weight is 288 g/mol. The fraction of sp³-hybridized carbons (Fsp3) is 0.684. The van der Waals surface area contributed by atoms with Gasteiger partial charge in [0.25, 0.3) is 0 Å². The number of rotatable bonds is 7. The van der Waals surface area contributed by atoms with Gasteiger partial charge in [0, 0.05) is 19.1 Å². The predicted molar refractivity (Wildman–Crippen MR) is 91.8 cm³/mol. The second-order valence-electron chi connectivity index (χ2n) is 7.03. The fourth-order valence-electron chi connectivity index (χ4n) is 3.50. The van der Waals surface area contributed by atoms with E-state index in [1.165, 1.54) is 43.4 Å². The van der Waals surface area contributed by atoms with Crippen LogP contribution in [0, 0.1) is 5.92 Å². The molecule has 0 heterocycles. The van der Waals surface area contributed by atoms with E-state index in [-0.39, 0.29) is 0 Å². The van der Waals surface area contributed by atoms with E-state index in [0.29, 0.717) is 12.0 Å². The SMILES string of the molecule is CNC(CN(C)CC1CCCC1)c1ccc(C(C)C)cc1. The van der Waals surface area contributed by atoms with Crippen molar-refractivity contribution in [3.05, 3.63) is 35.4 Å². The molecule has 1 fully saturated rings. The zero-order valence-electron chi connectivity index (χ0n) is 14.2. The van der Waals surface area contributed by atoms with Crippen molar-refractivity contribution >= 4 is 0 Å². The number of hydrogen-bond acceptors (Lipinski definition) is 2. The molecule has 21 heavy (non-hydrogen) atoms. The third kappa shape index (κ3) is 4.82. The standard InChI is InChI=1S/C19H32N2/c1-15(2)17-9-11-18(12-10-17)19(20-3)14-21(4)13-16-7-5-6-8-16/h9-12,15-16,19-20H,5-8,13-14H2,1-4H3. The van der Waals surface area contributed by atoms with Gasteiger partial charge in [0.05, 0.1) is 0 Å². The summed E-state index contributed by atoms with van der Waals surface area (Å²) in [7, 11) is 4.34. The van der Waals surface area contributed by atoms with E-state index in [0.717, 1.165) is 12.5 Å². The molecule has 1 saturated carbocycles. The molecule has 2 nitrogen and oxygen atoms in total. The fourth-order valence-corrected chi connectivity index (χ4v) is 3.50. The third-order valence-corrected chi connectivity index (χ3v) is 4.89. The Morgan fingerprint density at radius 3 is 2.19 bits per heavy atom. The lowest BCUT2D eigenvalue weighted by Gasteiger charge is -2.26. The Morgan fingerprint density at radius 1 is 1.10 bits per heavy atom. The van der Waals surface area contributed by atoms with Crippen molar-refractivity contribution < 1.29 is 0 Å². The van der Waals surface area contributed by atoms with Gasteiger partial charge in [-0.3, -0.25) is 0 Å². The van der Waals surface area contributed by atoms with Crippen LogP contribution in [0.25, 0.3) is 0 Å². The number of likely N-dealkylation sites (N-methyl/N-ethyl adjacent to an activating group) is 2. The highest BCUT2D eigenvalue weighted by atomic mass is 15.1. The molecule has 0 radical (unpaired) electrons. The van der Waals surface area contributed by atoms with Gasteiger partial charge in [-0.05, 0) is 49.9 Å². The molecular formula is C19H32N2. The number of hydrogen-bond donors (Lipinski definition) is 1. The van der Waals surface area contributed by atoms with Crippen LogP contribution in [-0.4, -0.2) is 32.1 Å². The zero-order valence-corrected chi connectivity index (χ0v) is 14.2. The normalized spacial score (nSPS) is 17.8. The summed E-state index contributed by atoms with van der Waals surface area (Å²) in [6.07, 6.45) is 5.73. The summed E-state index contributed by atoms with van der Waals surface area (Å²) in [4.78, 5) is 2.51. The molecular weight excluding hydrogens is 256 g/mol. The average Bonchev–Trinajstić information content (AvgIpc) is 2.97. The van der Waals surface area contributed by atoms with Gasteiger partial charge in [-0.25, -0.2) is 0 Å². The molecule has 2 heteroatoms. The number of nitrogens with one attached hydrogen (secondary N) is 1. The molecule has 1 atom stereocenters. The summed E-state index contributed by atoms with van der Waals surface area (Å²) in [5.74, 6) is 1.54. The highest BCUT2D eigenvalue weighted by molar-refractivity contribution is 5.27.